The van der Waals surface area contributed by atoms with Crippen molar-refractivity contribution in [3.63, 3.8) is 0 Å². The molecule has 2 aromatic rings. The van der Waals surface area contributed by atoms with E-state index in [2.05, 4.69) is 21.3 Å². The average molecular weight is 630 g/mol. The summed E-state index contributed by atoms with van der Waals surface area (Å²) in [7, 11) is 1.84. The Hall–Kier alpha value is -4.03. The molecule has 0 spiro atoms. The van der Waals surface area contributed by atoms with E-state index in [9.17, 15) is 34.8 Å². The zero-order chi connectivity index (χ0) is 33.8. The monoisotopic (exact) mass is 629 g/mol. The van der Waals surface area contributed by atoms with Crippen molar-refractivity contribution in [2.75, 3.05) is 26.7 Å². The zero-order valence-corrected chi connectivity index (χ0v) is 27.1. The Labute approximate surface area is 265 Å². The molecule has 0 radical (unpaired) electrons. The molecule has 0 aliphatic carbocycles. The lowest BCUT2D eigenvalue weighted by Crippen LogP contribution is -2.55. The molecule has 10 N–H and O–H groups in total. The number of hydrogen-bond acceptors (Lipinski definition) is 9. The molecule has 0 bridgehead atoms. The first-order valence-corrected chi connectivity index (χ1v) is 15.4. The number of amides is 3. The average Bonchev–Trinajstić information content (AvgIpc) is 2.94. The fourth-order valence-corrected chi connectivity index (χ4v) is 5.82. The molecule has 3 amide bonds. The third kappa shape index (κ3) is 11.4. The van der Waals surface area contributed by atoms with E-state index < -0.39 is 51.3 Å². The van der Waals surface area contributed by atoms with Crippen molar-refractivity contribution in [3.8, 4) is 23.0 Å². The number of phenolic OH excluding ortho intramolecular Hbond substituents is 4. The summed E-state index contributed by atoms with van der Waals surface area (Å²) >= 11 is 0. The predicted molar refractivity (Wildman–Crippen MR) is 173 cm³/mol. The second kappa shape index (κ2) is 16.3. The number of nitrogens with one attached hydrogen (secondary N) is 4. The van der Waals surface area contributed by atoms with Crippen LogP contribution in [0, 0.1) is 5.41 Å². The first-order valence-electron chi connectivity index (χ1n) is 15.4. The van der Waals surface area contributed by atoms with Crippen LogP contribution in [0.4, 0.5) is 0 Å². The highest BCUT2D eigenvalue weighted by Gasteiger charge is 2.40. The van der Waals surface area contributed by atoms with Gasteiger partial charge in [-0.3, -0.25) is 14.4 Å². The quantitative estimate of drug-likeness (QED) is 0.0875. The summed E-state index contributed by atoms with van der Waals surface area (Å²) in [6, 6.07) is 8.31. The second-order valence-electron chi connectivity index (χ2n) is 13.1. The van der Waals surface area contributed by atoms with E-state index in [0.29, 0.717) is 51.5 Å². The third-order valence-electron chi connectivity index (χ3n) is 7.67. The summed E-state index contributed by atoms with van der Waals surface area (Å²) in [5.74, 6) is -3.00. The lowest BCUT2D eigenvalue weighted by atomic mass is 9.73. The van der Waals surface area contributed by atoms with E-state index in [4.69, 9.17) is 5.73 Å². The van der Waals surface area contributed by atoms with Crippen molar-refractivity contribution in [2.24, 2.45) is 11.1 Å². The summed E-state index contributed by atoms with van der Waals surface area (Å²) in [6.07, 6.45) is 3.54. The van der Waals surface area contributed by atoms with Crippen LogP contribution >= 0.6 is 0 Å². The Balaban J connectivity index is 2.22. The molecule has 12 heteroatoms. The number of carbonyl (C=O) groups excluding carboxylic acids is 3. The van der Waals surface area contributed by atoms with Gasteiger partial charge in [-0.25, -0.2) is 0 Å². The van der Waals surface area contributed by atoms with Gasteiger partial charge in [0.1, 0.15) is 0 Å². The van der Waals surface area contributed by atoms with Crippen LogP contribution in [0.2, 0.25) is 0 Å². The molecule has 45 heavy (non-hydrogen) atoms. The van der Waals surface area contributed by atoms with Crippen LogP contribution in [0.1, 0.15) is 93.4 Å². The summed E-state index contributed by atoms with van der Waals surface area (Å²) in [5, 5.41) is 51.5. The van der Waals surface area contributed by atoms with Crippen LogP contribution in [0.15, 0.2) is 36.4 Å². The lowest BCUT2D eigenvalue weighted by molar-refractivity contribution is -0.134. The van der Waals surface area contributed by atoms with Crippen LogP contribution in [0.5, 0.6) is 23.0 Å². The van der Waals surface area contributed by atoms with Crippen molar-refractivity contribution in [1.29, 1.82) is 0 Å². The minimum Gasteiger partial charge on any atom is -0.504 e. The van der Waals surface area contributed by atoms with Gasteiger partial charge in [0, 0.05) is 29.6 Å². The standard InChI is InChI=1S/C33H51N5O7/c1-31(2,34)21-32(3,4)38-30(45)33(15-8-18-35-5,16-9-19-36-28(43)22-11-6-13-24(39)26(22)41)17-10-20-37-29(44)23-12-7-14-25(40)27(23)42/h6-7,11-14,35,39-42H,8-10,15-21,34H2,1-5H3,(H,36,43)(H,37,44)(H,38,45). The van der Waals surface area contributed by atoms with Gasteiger partial charge < -0.3 is 47.4 Å². The fraction of sp³-hybridized carbons (Fsp3) is 0.545. The Bertz CT molecular complexity index is 1240. The molecule has 12 nitrogen and oxygen atoms in total. The van der Waals surface area contributed by atoms with Crippen molar-refractivity contribution in [2.45, 2.75) is 83.7 Å². The highest BCUT2D eigenvalue weighted by atomic mass is 16.3. The van der Waals surface area contributed by atoms with E-state index in [0.717, 1.165) is 0 Å². The van der Waals surface area contributed by atoms with Crippen LogP contribution in [-0.2, 0) is 4.79 Å². The summed E-state index contributed by atoms with van der Waals surface area (Å²) in [5.41, 5.74) is 4.22. The maximum atomic E-state index is 14.2. The molecule has 0 unspecified atom stereocenters. The molecule has 2 rings (SSSR count). The zero-order valence-electron chi connectivity index (χ0n) is 27.1. The molecule has 0 fully saturated rings. The first kappa shape index (κ1) is 37.2. The largest absolute Gasteiger partial charge is 0.504 e. The summed E-state index contributed by atoms with van der Waals surface area (Å²) < 4.78 is 0. The van der Waals surface area contributed by atoms with E-state index in [1.165, 1.54) is 36.4 Å². The Morgan fingerprint density at radius 2 is 1.13 bits per heavy atom. The Morgan fingerprint density at radius 3 is 1.53 bits per heavy atom. The van der Waals surface area contributed by atoms with Gasteiger partial charge >= 0.3 is 0 Å². The van der Waals surface area contributed by atoms with Crippen LogP contribution in [-0.4, -0.2) is 75.9 Å². The normalized spacial score (nSPS) is 12.0. The number of phenols is 4. The first-order chi connectivity index (χ1) is 21.0. The van der Waals surface area contributed by atoms with Gasteiger partial charge in [-0.05, 0) is 110 Å². The smallest absolute Gasteiger partial charge is 0.255 e. The van der Waals surface area contributed by atoms with Crippen LogP contribution < -0.4 is 27.0 Å². The van der Waals surface area contributed by atoms with Crippen molar-refractivity contribution in [1.82, 2.24) is 21.3 Å². The SMILES string of the molecule is CNCCCC(CCCNC(=O)c1cccc(O)c1O)(CCCNC(=O)c1cccc(O)c1O)C(=O)NC(C)(C)CC(C)(C)N. The third-order valence-corrected chi connectivity index (χ3v) is 7.67. The van der Waals surface area contributed by atoms with Gasteiger partial charge in [0.2, 0.25) is 5.91 Å². The Kier molecular flexibility index (Phi) is 13.5. The van der Waals surface area contributed by atoms with Gasteiger partial charge in [-0.15, -0.1) is 0 Å². The van der Waals surface area contributed by atoms with E-state index >= 15 is 0 Å². The molecule has 2 aromatic carbocycles. The maximum Gasteiger partial charge on any atom is 0.255 e. The molecule has 0 saturated heterocycles. The van der Waals surface area contributed by atoms with E-state index in [1.54, 1.807) is 0 Å². The van der Waals surface area contributed by atoms with Crippen LogP contribution in [0.25, 0.3) is 0 Å². The molecule has 0 aromatic heterocycles. The number of rotatable bonds is 18. The van der Waals surface area contributed by atoms with Gasteiger partial charge in [0.15, 0.2) is 23.0 Å². The van der Waals surface area contributed by atoms with Gasteiger partial charge in [-0.1, -0.05) is 12.1 Å². The molecular weight excluding hydrogens is 578 g/mol. The molecule has 0 saturated carbocycles. The highest BCUT2D eigenvalue weighted by molar-refractivity contribution is 5.98. The maximum absolute atomic E-state index is 14.2. The second-order valence-corrected chi connectivity index (χ2v) is 13.1. The number of benzene rings is 2. The van der Waals surface area contributed by atoms with Crippen molar-refractivity contribution in [3.05, 3.63) is 47.5 Å². The van der Waals surface area contributed by atoms with Gasteiger partial charge in [0.05, 0.1) is 11.1 Å². The number of hydrogen-bond donors (Lipinski definition) is 9. The predicted octanol–water partition coefficient (Wildman–Crippen LogP) is 3.24. The van der Waals surface area contributed by atoms with Gasteiger partial charge in [0.25, 0.3) is 11.8 Å². The minimum absolute atomic E-state index is 0.0484. The Morgan fingerprint density at radius 1 is 0.711 bits per heavy atom. The summed E-state index contributed by atoms with van der Waals surface area (Å²) in [4.78, 5) is 39.5. The highest BCUT2D eigenvalue weighted by Crippen LogP contribution is 2.37. The molecule has 0 aliphatic heterocycles. The number of para-hydroxylation sites is 2. The lowest BCUT2D eigenvalue weighted by Gasteiger charge is -2.39. The fourth-order valence-electron chi connectivity index (χ4n) is 5.82. The molecule has 0 atom stereocenters. The summed E-state index contributed by atoms with van der Waals surface area (Å²) in [6.45, 7) is 8.81. The number of nitrogens with two attached hydrogens (primary N) is 1. The minimum atomic E-state index is -0.845. The molecule has 0 heterocycles. The van der Waals surface area contributed by atoms with E-state index in [-0.39, 0.29) is 30.1 Å². The number of carbonyl (C=O) groups is 3. The molecule has 250 valence electrons. The molecular formula is C33H51N5O7. The van der Waals surface area contributed by atoms with Crippen molar-refractivity contribution >= 4 is 17.7 Å². The van der Waals surface area contributed by atoms with Crippen LogP contribution in [0.3, 0.4) is 0 Å². The van der Waals surface area contributed by atoms with Crippen molar-refractivity contribution < 1.29 is 34.8 Å². The number of aromatic hydroxyl groups is 4. The topological polar surface area (TPSA) is 206 Å². The van der Waals surface area contributed by atoms with E-state index in [1.807, 2.05) is 34.7 Å². The van der Waals surface area contributed by atoms with Gasteiger partial charge in [-0.2, -0.15) is 0 Å². The molecule has 0 aliphatic rings.